The van der Waals surface area contributed by atoms with Crippen molar-refractivity contribution < 1.29 is 9.90 Å². The molecule has 0 aromatic heterocycles. The maximum absolute atomic E-state index is 12.3. The van der Waals surface area contributed by atoms with Crippen LogP contribution in [-0.2, 0) is 4.79 Å². The molecule has 1 aromatic carbocycles. The van der Waals surface area contributed by atoms with Crippen molar-refractivity contribution in [3.05, 3.63) is 23.8 Å². The summed E-state index contributed by atoms with van der Waals surface area (Å²) >= 11 is 0. The zero-order valence-electron chi connectivity index (χ0n) is 10.9. The van der Waals surface area contributed by atoms with Crippen LogP contribution >= 0.6 is 0 Å². The molecule has 1 aliphatic heterocycles. The Bertz CT molecular complexity index is 451. The minimum atomic E-state index is -0.346. The predicted octanol–water partition coefficient (Wildman–Crippen LogP) is 2.03. The first-order valence-corrected chi connectivity index (χ1v) is 6.33. The number of hydrogen-bond acceptors (Lipinski definition) is 3. The van der Waals surface area contributed by atoms with E-state index in [0.717, 1.165) is 31.5 Å². The number of carbonyl (C=O) groups excluding carboxylic acids is 1. The number of phenolic OH excluding ortho intramolecular Hbond substituents is 1. The van der Waals surface area contributed by atoms with Gasteiger partial charge < -0.3 is 15.7 Å². The van der Waals surface area contributed by atoms with Gasteiger partial charge in [0.15, 0.2) is 0 Å². The number of amides is 1. The van der Waals surface area contributed by atoms with Crippen molar-refractivity contribution in [2.24, 2.45) is 5.41 Å². The van der Waals surface area contributed by atoms with Crippen molar-refractivity contribution in [2.75, 3.05) is 18.4 Å². The van der Waals surface area contributed by atoms with Crippen LogP contribution in [-0.4, -0.2) is 24.1 Å². The lowest BCUT2D eigenvalue weighted by Gasteiger charge is -2.32. The van der Waals surface area contributed by atoms with E-state index in [9.17, 15) is 9.90 Å². The predicted molar refractivity (Wildman–Crippen MR) is 71.7 cm³/mol. The highest BCUT2D eigenvalue weighted by atomic mass is 16.3. The number of piperidine rings is 1. The highest BCUT2D eigenvalue weighted by Crippen LogP contribution is 2.31. The van der Waals surface area contributed by atoms with E-state index in [-0.39, 0.29) is 17.1 Å². The van der Waals surface area contributed by atoms with E-state index in [0.29, 0.717) is 5.69 Å². The van der Waals surface area contributed by atoms with Gasteiger partial charge in [0.05, 0.1) is 5.69 Å². The van der Waals surface area contributed by atoms with E-state index in [1.54, 1.807) is 12.1 Å². The number of carbonyl (C=O) groups is 1. The molecule has 3 N–H and O–H groups in total. The molecule has 1 fully saturated rings. The van der Waals surface area contributed by atoms with E-state index in [4.69, 9.17) is 0 Å². The lowest BCUT2D eigenvalue weighted by Crippen LogP contribution is -2.42. The summed E-state index contributed by atoms with van der Waals surface area (Å²) in [4.78, 5) is 12.3. The Morgan fingerprint density at radius 3 is 2.72 bits per heavy atom. The largest absolute Gasteiger partial charge is 0.506 e. The van der Waals surface area contributed by atoms with Crippen LogP contribution in [0.5, 0.6) is 5.75 Å². The molecule has 1 heterocycles. The lowest BCUT2D eigenvalue weighted by atomic mass is 9.80. The molecule has 98 valence electrons. The quantitative estimate of drug-likeness (QED) is 0.702. The Kier molecular flexibility index (Phi) is 3.57. The molecule has 0 spiro atoms. The second kappa shape index (κ2) is 4.98. The van der Waals surface area contributed by atoms with Gasteiger partial charge in [-0.25, -0.2) is 0 Å². The Hall–Kier alpha value is -1.55. The van der Waals surface area contributed by atoms with Crippen LogP contribution in [0, 0.1) is 12.3 Å². The molecule has 0 aliphatic carbocycles. The first kappa shape index (κ1) is 12.9. The summed E-state index contributed by atoms with van der Waals surface area (Å²) in [6, 6.07) is 5.21. The van der Waals surface area contributed by atoms with Gasteiger partial charge in [-0.15, -0.1) is 0 Å². The third-order valence-corrected chi connectivity index (χ3v) is 3.66. The third kappa shape index (κ3) is 2.64. The van der Waals surface area contributed by atoms with Gasteiger partial charge in [-0.2, -0.15) is 0 Å². The molecule has 1 aliphatic rings. The summed E-state index contributed by atoms with van der Waals surface area (Å²) in [5.41, 5.74) is 1.17. The third-order valence-electron chi connectivity index (χ3n) is 3.66. The molecule has 0 bridgehead atoms. The minimum Gasteiger partial charge on any atom is -0.506 e. The summed E-state index contributed by atoms with van der Waals surface area (Å²) in [5.74, 6) is 0.108. The number of rotatable bonds is 2. The Balaban J connectivity index is 2.13. The van der Waals surface area contributed by atoms with Gasteiger partial charge in [0.2, 0.25) is 5.91 Å². The number of anilines is 1. The number of phenols is 1. The van der Waals surface area contributed by atoms with Crippen molar-refractivity contribution in [3.8, 4) is 5.75 Å². The second-order valence-corrected chi connectivity index (χ2v) is 5.29. The zero-order chi connectivity index (χ0) is 13.2. The highest BCUT2D eigenvalue weighted by Gasteiger charge is 2.34. The normalized spacial score (nSPS) is 18.3. The molecule has 0 atom stereocenters. The molecule has 18 heavy (non-hydrogen) atoms. The first-order valence-electron chi connectivity index (χ1n) is 6.33. The van der Waals surface area contributed by atoms with Crippen LogP contribution < -0.4 is 10.6 Å². The summed E-state index contributed by atoms with van der Waals surface area (Å²) < 4.78 is 0. The van der Waals surface area contributed by atoms with E-state index in [1.807, 2.05) is 19.9 Å². The maximum atomic E-state index is 12.3. The Labute approximate surface area is 107 Å². The summed E-state index contributed by atoms with van der Waals surface area (Å²) in [6.45, 7) is 5.64. The summed E-state index contributed by atoms with van der Waals surface area (Å²) in [5, 5.41) is 15.8. The van der Waals surface area contributed by atoms with Crippen LogP contribution in [0.25, 0.3) is 0 Å². The highest BCUT2D eigenvalue weighted by molar-refractivity contribution is 5.96. The maximum Gasteiger partial charge on any atom is 0.230 e. The molecule has 0 unspecified atom stereocenters. The molecule has 0 saturated carbocycles. The van der Waals surface area contributed by atoms with E-state index in [2.05, 4.69) is 10.6 Å². The number of benzene rings is 1. The minimum absolute atomic E-state index is 0.00935. The van der Waals surface area contributed by atoms with Crippen molar-refractivity contribution in [1.82, 2.24) is 5.32 Å². The van der Waals surface area contributed by atoms with Crippen LogP contribution in [0.2, 0.25) is 0 Å². The molecule has 0 radical (unpaired) electrons. The van der Waals surface area contributed by atoms with Gasteiger partial charge in [-0.3, -0.25) is 4.79 Å². The van der Waals surface area contributed by atoms with Crippen molar-refractivity contribution in [1.29, 1.82) is 0 Å². The van der Waals surface area contributed by atoms with Gasteiger partial charge >= 0.3 is 0 Å². The average Bonchev–Trinajstić information content (AvgIpc) is 2.35. The topological polar surface area (TPSA) is 61.4 Å². The van der Waals surface area contributed by atoms with E-state index >= 15 is 0 Å². The molecule has 4 nitrogen and oxygen atoms in total. The Morgan fingerprint density at radius 1 is 1.39 bits per heavy atom. The SMILES string of the molecule is Cc1ccc(O)c(NC(=O)C2(C)CCNCC2)c1. The summed E-state index contributed by atoms with van der Waals surface area (Å²) in [6.07, 6.45) is 1.65. The van der Waals surface area contributed by atoms with Crippen LogP contribution in [0.15, 0.2) is 18.2 Å². The number of aryl methyl sites for hydroxylation is 1. The number of aromatic hydroxyl groups is 1. The standard InChI is InChI=1S/C14H20N2O2/c1-10-3-4-12(17)11(9-10)16-13(18)14(2)5-7-15-8-6-14/h3-4,9,15,17H,5-8H2,1-2H3,(H,16,18). The van der Waals surface area contributed by atoms with Gasteiger partial charge in [0.1, 0.15) is 5.75 Å². The fourth-order valence-corrected chi connectivity index (χ4v) is 2.23. The molecule has 1 saturated heterocycles. The molecule has 4 heteroatoms. The molecule has 1 aromatic rings. The monoisotopic (exact) mass is 248 g/mol. The van der Waals surface area contributed by atoms with Crippen molar-refractivity contribution >= 4 is 11.6 Å². The second-order valence-electron chi connectivity index (χ2n) is 5.29. The van der Waals surface area contributed by atoms with E-state index < -0.39 is 0 Å². The van der Waals surface area contributed by atoms with Gasteiger partial charge in [-0.05, 0) is 50.6 Å². The van der Waals surface area contributed by atoms with Gasteiger partial charge in [0, 0.05) is 5.41 Å². The lowest BCUT2D eigenvalue weighted by molar-refractivity contribution is -0.126. The fourth-order valence-electron chi connectivity index (χ4n) is 2.23. The Morgan fingerprint density at radius 2 is 2.06 bits per heavy atom. The number of hydrogen-bond donors (Lipinski definition) is 3. The van der Waals surface area contributed by atoms with Gasteiger partial charge in [0.25, 0.3) is 0 Å². The van der Waals surface area contributed by atoms with E-state index in [1.165, 1.54) is 0 Å². The number of nitrogens with one attached hydrogen (secondary N) is 2. The first-order chi connectivity index (χ1) is 8.51. The fraction of sp³-hybridized carbons (Fsp3) is 0.500. The van der Waals surface area contributed by atoms with Crippen molar-refractivity contribution in [2.45, 2.75) is 26.7 Å². The molecule has 1 amide bonds. The average molecular weight is 248 g/mol. The molecule has 2 rings (SSSR count). The van der Waals surface area contributed by atoms with Crippen LogP contribution in [0.3, 0.4) is 0 Å². The van der Waals surface area contributed by atoms with Crippen LogP contribution in [0.4, 0.5) is 5.69 Å². The summed E-state index contributed by atoms with van der Waals surface area (Å²) in [7, 11) is 0. The zero-order valence-corrected chi connectivity index (χ0v) is 10.9. The van der Waals surface area contributed by atoms with Gasteiger partial charge in [-0.1, -0.05) is 13.0 Å². The molecular formula is C14H20N2O2. The van der Waals surface area contributed by atoms with Crippen molar-refractivity contribution in [3.63, 3.8) is 0 Å². The van der Waals surface area contributed by atoms with Crippen LogP contribution in [0.1, 0.15) is 25.3 Å². The smallest absolute Gasteiger partial charge is 0.230 e. The molecular weight excluding hydrogens is 228 g/mol.